The molecule has 2 N–H and O–H groups in total. The lowest BCUT2D eigenvalue weighted by molar-refractivity contribution is -0.121. The van der Waals surface area contributed by atoms with Crippen molar-refractivity contribution in [3.63, 3.8) is 0 Å². The lowest BCUT2D eigenvalue weighted by atomic mass is 10.0. The SMILES string of the molecule is CCC(=O)N[C@@H]1CCCN(C(=O)c2cccc(NC(=O)c3cccnc3)c2)C1. The van der Waals surface area contributed by atoms with Crippen LogP contribution in [0.25, 0.3) is 0 Å². The average molecular weight is 380 g/mol. The first-order valence-corrected chi connectivity index (χ1v) is 9.47. The lowest BCUT2D eigenvalue weighted by Gasteiger charge is -2.33. The van der Waals surface area contributed by atoms with Crippen molar-refractivity contribution in [2.75, 3.05) is 18.4 Å². The topological polar surface area (TPSA) is 91.4 Å². The standard InChI is InChI=1S/C21H24N4O3/c1-2-19(26)23-18-9-5-11-25(14-18)21(28)15-6-3-8-17(12-15)24-20(27)16-7-4-10-22-13-16/h3-4,6-8,10,12-13,18H,2,5,9,11,14H2,1H3,(H,23,26)(H,24,27)/t18-/m1/s1. The van der Waals surface area contributed by atoms with Gasteiger partial charge in [0, 0.05) is 49.2 Å². The van der Waals surface area contributed by atoms with Crippen molar-refractivity contribution in [2.24, 2.45) is 0 Å². The van der Waals surface area contributed by atoms with E-state index < -0.39 is 0 Å². The number of likely N-dealkylation sites (tertiary alicyclic amines) is 1. The molecule has 0 spiro atoms. The van der Waals surface area contributed by atoms with Crippen LogP contribution < -0.4 is 10.6 Å². The van der Waals surface area contributed by atoms with Gasteiger partial charge < -0.3 is 15.5 Å². The van der Waals surface area contributed by atoms with Crippen molar-refractivity contribution in [3.05, 3.63) is 59.9 Å². The van der Waals surface area contributed by atoms with Crippen LogP contribution in [0, 0.1) is 0 Å². The Labute approximate surface area is 164 Å². The molecule has 0 unspecified atom stereocenters. The molecule has 7 heteroatoms. The molecule has 2 heterocycles. The number of nitrogens with one attached hydrogen (secondary N) is 2. The highest BCUT2D eigenvalue weighted by Crippen LogP contribution is 2.17. The number of amides is 3. The van der Waals surface area contributed by atoms with Gasteiger partial charge in [-0.05, 0) is 43.2 Å². The molecule has 1 saturated heterocycles. The summed E-state index contributed by atoms with van der Waals surface area (Å²) in [6.07, 6.45) is 5.24. The molecule has 0 aliphatic carbocycles. The smallest absolute Gasteiger partial charge is 0.257 e. The fourth-order valence-corrected chi connectivity index (χ4v) is 3.22. The van der Waals surface area contributed by atoms with Gasteiger partial charge in [-0.25, -0.2) is 0 Å². The van der Waals surface area contributed by atoms with Crippen LogP contribution in [0.5, 0.6) is 0 Å². The number of pyridine rings is 1. The summed E-state index contributed by atoms with van der Waals surface area (Å²) in [6, 6.07) is 10.2. The Morgan fingerprint density at radius 1 is 1.18 bits per heavy atom. The third kappa shape index (κ3) is 4.94. The molecule has 1 fully saturated rings. The van der Waals surface area contributed by atoms with Crippen molar-refractivity contribution in [1.82, 2.24) is 15.2 Å². The first-order chi connectivity index (χ1) is 13.6. The minimum atomic E-state index is -0.280. The Bertz CT molecular complexity index is 854. The van der Waals surface area contributed by atoms with E-state index in [2.05, 4.69) is 15.6 Å². The molecule has 1 aromatic carbocycles. The van der Waals surface area contributed by atoms with Gasteiger partial charge in [-0.3, -0.25) is 19.4 Å². The molecule has 0 saturated carbocycles. The molecule has 146 valence electrons. The Balaban J connectivity index is 1.66. The summed E-state index contributed by atoms with van der Waals surface area (Å²) < 4.78 is 0. The number of hydrogen-bond donors (Lipinski definition) is 2. The van der Waals surface area contributed by atoms with Crippen molar-refractivity contribution in [1.29, 1.82) is 0 Å². The number of aromatic nitrogens is 1. The van der Waals surface area contributed by atoms with Crippen LogP contribution in [0.15, 0.2) is 48.8 Å². The maximum atomic E-state index is 12.9. The predicted octanol–water partition coefficient (Wildman–Crippen LogP) is 2.46. The fourth-order valence-electron chi connectivity index (χ4n) is 3.22. The van der Waals surface area contributed by atoms with Gasteiger partial charge in [0.25, 0.3) is 11.8 Å². The number of carbonyl (C=O) groups excluding carboxylic acids is 3. The van der Waals surface area contributed by atoms with Gasteiger partial charge in [-0.2, -0.15) is 0 Å². The van der Waals surface area contributed by atoms with E-state index in [0.717, 1.165) is 12.8 Å². The maximum Gasteiger partial charge on any atom is 0.257 e. The molecule has 1 aliphatic heterocycles. The minimum Gasteiger partial charge on any atom is -0.352 e. The Morgan fingerprint density at radius 2 is 2.00 bits per heavy atom. The fraction of sp³-hybridized carbons (Fsp3) is 0.333. The van der Waals surface area contributed by atoms with Crippen LogP contribution in [-0.4, -0.2) is 46.7 Å². The average Bonchev–Trinajstić information content (AvgIpc) is 2.74. The summed E-state index contributed by atoms with van der Waals surface area (Å²) >= 11 is 0. The summed E-state index contributed by atoms with van der Waals surface area (Å²) in [4.78, 5) is 42.5. The molecule has 0 radical (unpaired) electrons. The largest absolute Gasteiger partial charge is 0.352 e. The third-order valence-corrected chi connectivity index (χ3v) is 4.69. The normalized spacial score (nSPS) is 16.3. The zero-order valence-electron chi connectivity index (χ0n) is 15.9. The zero-order valence-corrected chi connectivity index (χ0v) is 15.9. The van der Waals surface area contributed by atoms with Gasteiger partial charge in [0.1, 0.15) is 0 Å². The van der Waals surface area contributed by atoms with Gasteiger partial charge in [-0.15, -0.1) is 0 Å². The molecule has 1 atom stereocenters. The quantitative estimate of drug-likeness (QED) is 0.834. The number of nitrogens with zero attached hydrogens (tertiary/aromatic N) is 2. The second-order valence-corrected chi connectivity index (χ2v) is 6.79. The van der Waals surface area contributed by atoms with Crippen LogP contribution in [0.2, 0.25) is 0 Å². The highest BCUT2D eigenvalue weighted by atomic mass is 16.2. The molecule has 28 heavy (non-hydrogen) atoms. The Morgan fingerprint density at radius 3 is 2.75 bits per heavy atom. The van der Waals surface area contributed by atoms with Crippen LogP contribution in [0.3, 0.4) is 0 Å². The van der Waals surface area contributed by atoms with Gasteiger partial charge in [0.05, 0.1) is 5.56 Å². The maximum absolute atomic E-state index is 12.9. The first kappa shape index (κ1) is 19.5. The number of anilines is 1. The minimum absolute atomic E-state index is 0.000546. The molecule has 3 rings (SSSR count). The second kappa shape index (κ2) is 9.12. The van der Waals surface area contributed by atoms with Gasteiger partial charge >= 0.3 is 0 Å². The highest BCUT2D eigenvalue weighted by Gasteiger charge is 2.25. The van der Waals surface area contributed by atoms with Crippen LogP contribution >= 0.6 is 0 Å². The molecular formula is C21H24N4O3. The number of carbonyl (C=O) groups is 3. The molecule has 2 aromatic rings. The van der Waals surface area contributed by atoms with E-state index in [0.29, 0.717) is 36.3 Å². The zero-order chi connectivity index (χ0) is 19.9. The van der Waals surface area contributed by atoms with E-state index in [1.165, 1.54) is 6.20 Å². The lowest BCUT2D eigenvalue weighted by Crippen LogP contribution is -2.49. The third-order valence-electron chi connectivity index (χ3n) is 4.69. The predicted molar refractivity (Wildman–Crippen MR) is 106 cm³/mol. The van der Waals surface area contributed by atoms with Crippen molar-refractivity contribution >= 4 is 23.4 Å². The van der Waals surface area contributed by atoms with Crippen LogP contribution in [0.4, 0.5) is 5.69 Å². The first-order valence-electron chi connectivity index (χ1n) is 9.47. The molecule has 7 nitrogen and oxygen atoms in total. The molecular weight excluding hydrogens is 356 g/mol. The van der Waals surface area contributed by atoms with E-state index in [1.54, 1.807) is 47.5 Å². The van der Waals surface area contributed by atoms with Gasteiger partial charge in [0.15, 0.2) is 0 Å². The van der Waals surface area contributed by atoms with E-state index >= 15 is 0 Å². The number of piperidine rings is 1. The summed E-state index contributed by atoms with van der Waals surface area (Å²) in [5, 5.41) is 5.76. The van der Waals surface area contributed by atoms with Crippen molar-refractivity contribution in [3.8, 4) is 0 Å². The Kier molecular flexibility index (Phi) is 6.37. The highest BCUT2D eigenvalue weighted by molar-refractivity contribution is 6.05. The number of rotatable bonds is 5. The van der Waals surface area contributed by atoms with E-state index in [-0.39, 0.29) is 23.8 Å². The van der Waals surface area contributed by atoms with Crippen LogP contribution in [0.1, 0.15) is 46.9 Å². The number of hydrogen-bond acceptors (Lipinski definition) is 4. The van der Waals surface area contributed by atoms with Crippen LogP contribution in [-0.2, 0) is 4.79 Å². The second-order valence-electron chi connectivity index (χ2n) is 6.79. The summed E-state index contributed by atoms with van der Waals surface area (Å²) in [6.45, 7) is 2.97. The van der Waals surface area contributed by atoms with E-state index in [1.807, 2.05) is 6.92 Å². The molecule has 1 aromatic heterocycles. The van der Waals surface area contributed by atoms with E-state index in [4.69, 9.17) is 0 Å². The van der Waals surface area contributed by atoms with Crippen molar-refractivity contribution < 1.29 is 14.4 Å². The summed E-state index contributed by atoms with van der Waals surface area (Å²) in [5.41, 5.74) is 1.50. The van der Waals surface area contributed by atoms with Crippen molar-refractivity contribution in [2.45, 2.75) is 32.2 Å². The number of benzene rings is 1. The van der Waals surface area contributed by atoms with E-state index in [9.17, 15) is 14.4 Å². The molecule has 1 aliphatic rings. The molecule has 0 bridgehead atoms. The molecule has 3 amide bonds. The summed E-state index contributed by atoms with van der Waals surface area (Å²) in [7, 11) is 0. The summed E-state index contributed by atoms with van der Waals surface area (Å²) in [5.74, 6) is -0.384. The Hall–Kier alpha value is -3.22. The monoisotopic (exact) mass is 380 g/mol. The van der Waals surface area contributed by atoms with Gasteiger partial charge in [-0.1, -0.05) is 13.0 Å². The van der Waals surface area contributed by atoms with Gasteiger partial charge in [0.2, 0.25) is 5.91 Å².